The molecule has 0 aliphatic heterocycles. The van der Waals surface area contributed by atoms with Crippen LogP contribution in [0.1, 0.15) is 5.69 Å². The molecule has 3 heteroatoms. The van der Waals surface area contributed by atoms with Crippen molar-refractivity contribution in [2.75, 3.05) is 0 Å². The summed E-state index contributed by atoms with van der Waals surface area (Å²) in [6.45, 7) is 5.93. The van der Waals surface area contributed by atoms with E-state index in [0.29, 0.717) is 11.5 Å². The summed E-state index contributed by atoms with van der Waals surface area (Å²) in [6, 6.07) is 11.4. The summed E-state index contributed by atoms with van der Waals surface area (Å²) in [4.78, 5) is 12.8. The van der Waals surface area contributed by atoms with Crippen molar-refractivity contribution in [3.8, 4) is 11.4 Å². The van der Waals surface area contributed by atoms with Crippen LogP contribution in [0.25, 0.3) is 22.3 Å². The van der Waals surface area contributed by atoms with E-state index < -0.39 is 0 Å². The Labute approximate surface area is 99.2 Å². The molecule has 0 atom stereocenters. The van der Waals surface area contributed by atoms with E-state index in [4.69, 9.17) is 6.92 Å². The molecule has 0 fully saturated rings. The molecule has 0 spiro atoms. The molecule has 0 amide bonds. The third-order valence-corrected chi connectivity index (χ3v) is 2.57. The van der Waals surface area contributed by atoms with E-state index in [1.165, 1.54) is 0 Å². The molecule has 2 radical (unpaired) electrons. The van der Waals surface area contributed by atoms with Crippen LogP contribution in [0.3, 0.4) is 0 Å². The molecule has 0 unspecified atom stereocenters. The summed E-state index contributed by atoms with van der Waals surface area (Å²) >= 11 is 0. The lowest BCUT2D eigenvalue weighted by Crippen LogP contribution is -1.93. The molecule has 3 rings (SSSR count). The number of fused-ring (bicyclic) bond motifs is 1. The van der Waals surface area contributed by atoms with Gasteiger partial charge < -0.3 is 0 Å². The lowest BCUT2D eigenvalue weighted by Gasteiger charge is -2.04. The van der Waals surface area contributed by atoms with Gasteiger partial charge in [-0.1, -0.05) is 18.2 Å². The van der Waals surface area contributed by atoms with Crippen LogP contribution >= 0.6 is 0 Å². The zero-order valence-electron chi connectivity index (χ0n) is 9.04. The molecule has 0 aliphatic carbocycles. The average Bonchev–Trinajstić information content (AvgIpc) is 2.40. The number of aromatic nitrogens is 3. The van der Waals surface area contributed by atoms with Gasteiger partial charge in [0.05, 0.1) is 11.2 Å². The standard InChI is InChI=1S/C14H9N3/c1-10-12-4-2-3-5-13(12)17-14(16-10)11-6-8-15-9-7-11/h1-9H. The molecule has 0 bridgehead atoms. The molecule has 0 saturated heterocycles. The Kier molecular flexibility index (Phi) is 2.29. The number of para-hydroxylation sites is 1. The number of benzene rings is 1. The quantitative estimate of drug-likeness (QED) is 0.631. The van der Waals surface area contributed by atoms with Gasteiger partial charge in [0.2, 0.25) is 0 Å². The van der Waals surface area contributed by atoms with Gasteiger partial charge in [0.15, 0.2) is 5.82 Å². The first-order valence-corrected chi connectivity index (χ1v) is 5.27. The van der Waals surface area contributed by atoms with Crippen molar-refractivity contribution < 1.29 is 0 Å². The monoisotopic (exact) mass is 219 g/mol. The van der Waals surface area contributed by atoms with Crippen molar-refractivity contribution in [3.05, 3.63) is 61.4 Å². The largest absolute Gasteiger partial charge is 0.265 e. The minimum Gasteiger partial charge on any atom is -0.265 e. The lowest BCUT2D eigenvalue weighted by molar-refractivity contribution is 1.19. The minimum absolute atomic E-state index is 0.502. The van der Waals surface area contributed by atoms with Crippen LogP contribution in [0.2, 0.25) is 0 Å². The van der Waals surface area contributed by atoms with Crippen LogP contribution in [0, 0.1) is 6.92 Å². The first kappa shape index (κ1) is 9.90. The van der Waals surface area contributed by atoms with Crippen molar-refractivity contribution in [2.24, 2.45) is 0 Å². The predicted molar refractivity (Wildman–Crippen MR) is 66.2 cm³/mol. The zero-order chi connectivity index (χ0) is 11.7. The molecule has 2 aromatic heterocycles. The van der Waals surface area contributed by atoms with E-state index in [9.17, 15) is 0 Å². The second-order valence-electron chi connectivity index (χ2n) is 3.69. The smallest absolute Gasteiger partial charge is 0.160 e. The summed E-state index contributed by atoms with van der Waals surface area (Å²) in [5, 5.41) is 0.880. The van der Waals surface area contributed by atoms with Gasteiger partial charge in [0.25, 0.3) is 0 Å². The maximum absolute atomic E-state index is 5.93. The van der Waals surface area contributed by atoms with Crippen LogP contribution in [0.15, 0.2) is 48.8 Å². The van der Waals surface area contributed by atoms with Crippen LogP contribution < -0.4 is 0 Å². The predicted octanol–water partition coefficient (Wildman–Crippen LogP) is 2.75. The molecule has 3 nitrogen and oxygen atoms in total. The van der Waals surface area contributed by atoms with Crippen molar-refractivity contribution in [1.82, 2.24) is 15.0 Å². The fraction of sp³-hybridized carbons (Fsp3) is 0. The number of nitrogens with zero attached hydrogens (tertiary/aromatic N) is 3. The fourth-order valence-electron chi connectivity index (χ4n) is 1.73. The van der Waals surface area contributed by atoms with Gasteiger partial charge in [-0.2, -0.15) is 0 Å². The molecule has 0 aliphatic rings. The Hall–Kier alpha value is -2.29. The first-order valence-electron chi connectivity index (χ1n) is 5.27. The van der Waals surface area contributed by atoms with Gasteiger partial charge in [0.1, 0.15) is 0 Å². The highest BCUT2D eigenvalue weighted by molar-refractivity contribution is 5.83. The number of pyridine rings is 1. The van der Waals surface area contributed by atoms with Crippen molar-refractivity contribution in [3.63, 3.8) is 0 Å². The van der Waals surface area contributed by atoms with Crippen LogP contribution in [-0.4, -0.2) is 15.0 Å². The second kappa shape index (κ2) is 3.94. The average molecular weight is 219 g/mol. The molecular formula is C14H9N3. The lowest BCUT2D eigenvalue weighted by atomic mass is 10.2. The number of hydrogen-bond donors (Lipinski definition) is 0. The van der Waals surface area contributed by atoms with Crippen molar-refractivity contribution >= 4 is 10.9 Å². The highest BCUT2D eigenvalue weighted by Crippen LogP contribution is 2.20. The Morgan fingerprint density at radius 2 is 1.65 bits per heavy atom. The van der Waals surface area contributed by atoms with Crippen LogP contribution in [-0.2, 0) is 0 Å². The molecule has 0 N–H and O–H groups in total. The Bertz CT molecular complexity index is 663. The second-order valence-corrected chi connectivity index (χ2v) is 3.69. The SMILES string of the molecule is [CH]c1nc(-c2ccncc2)nc2ccccc12. The van der Waals surface area contributed by atoms with Gasteiger partial charge in [-0.15, -0.1) is 0 Å². The van der Waals surface area contributed by atoms with Gasteiger partial charge >= 0.3 is 0 Å². The summed E-state index contributed by atoms with van der Waals surface area (Å²) in [7, 11) is 0. The number of rotatable bonds is 1. The van der Waals surface area contributed by atoms with Gasteiger partial charge in [-0.3, -0.25) is 4.98 Å². The third kappa shape index (κ3) is 1.76. The van der Waals surface area contributed by atoms with E-state index >= 15 is 0 Å². The highest BCUT2D eigenvalue weighted by Gasteiger charge is 2.05. The van der Waals surface area contributed by atoms with E-state index in [2.05, 4.69) is 15.0 Å². The topological polar surface area (TPSA) is 38.7 Å². The van der Waals surface area contributed by atoms with Gasteiger partial charge in [-0.05, 0) is 18.2 Å². The van der Waals surface area contributed by atoms with E-state index in [-0.39, 0.29) is 0 Å². The molecule has 1 aromatic carbocycles. The van der Waals surface area contributed by atoms with Gasteiger partial charge in [-0.25, -0.2) is 9.97 Å². The molecule has 3 aromatic rings. The fourth-order valence-corrected chi connectivity index (χ4v) is 1.73. The Balaban J connectivity index is 2.26. The summed E-state index contributed by atoms with van der Waals surface area (Å²) in [6.07, 6.45) is 3.42. The molecule has 2 heterocycles. The van der Waals surface area contributed by atoms with Crippen molar-refractivity contribution in [1.29, 1.82) is 0 Å². The minimum atomic E-state index is 0.502. The molecule has 17 heavy (non-hydrogen) atoms. The maximum atomic E-state index is 5.93. The summed E-state index contributed by atoms with van der Waals surface area (Å²) < 4.78 is 0. The van der Waals surface area contributed by atoms with E-state index in [1.54, 1.807) is 12.4 Å². The van der Waals surface area contributed by atoms with E-state index in [0.717, 1.165) is 16.5 Å². The Morgan fingerprint density at radius 1 is 0.882 bits per heavy atom. The summed E-state index contributed by atoms with van der Waals surface area (Å²) in [5.41, 5.74) is 2.27. The van der Waals surface area contributed by atoms with E-state index in [1.807, 2.05) is 36.4 Å². The maximum Gasteiger partial charge on any atom is 0.160 e. The van der Waals surface area contributed by atoms with Crippen molar-refractivity contribution in [2.45, 2.75) is 0 Å². The summed E-state index contributed by atoms with van der Waals surface area (Å²) in [5.74, 6) is 0.628. The van der Waals surface area contributed by atoms with Crippen LogP contribution in [0.4, 0.5) is 0 Å². The zero-order valence-corrected chi connectivity index (χ0v) is 9.04. The first-order chi connectivity index (χ1) is 8.34. The molecule has 80 valence electrons. The van der Waals surface area contributed by atoms with Crippen LogP contribution in [0.5, 0.6) is 0 Å². The Morgan fingerprint density at radius 3 is 2.47 bits per heavy atom. The molecule has 0 saturated carbocycles. The highest BCUT2D eigenvalue weighted by atomic mass is 14.9. The van der Waals surface area contributed by atoms with Gasteiger partial charge in [0, 0.05) is 30.3 Å². The third-order valence-electron chi connectivity index (χ3n) is 2.57. The molecular weight excluding hydrogens is 210 g/mol. The normalized spacial score (nSPS) is 10.6. The number of hydrogen-bond acceptors (Lipinski definition) is 3.